The quantitative estimate of drug-likeness (QED) is 0.444. The van der Waals surface area contributed by atoms with E-state index in [1.807, 2.05) is 30.3 Å². The van der Waals surface area contributed by atoms with Gasteiger partial charge in [-0.1, -0.05) is 59.6 Å². The third-order valence-corrected chi connectivity index (χ3v) is 4.57. The van der Waals surface area contributed by atoms with Crippen LogP contribution in [0.25, 0.3) is 0 Å². The molecule has 6 heteroatoms. The molecule has 3 rings (SSSR count). The lowest BCUT2D eigenvalue weighted by Gasteiger charge is -2.12. The van der Waals surface area contributed by atoms with Gasteiger partial charge in [0.15, 0.2) is 0 Å². The highest BCUT2D eigenvalue weighted by Gasteiger charge is 2.13. The van der Waals surface area contributed by atoms with Crippen LogP contribution in [0.5, 0.6) is 11.5 Å². The Kier molecular flexibility index (Phi) is 5.66. The molecule has 0 saturated carbocycles. The van der Waals surface area contributed by atoms with Crippen molar-refractivity contribution in [2.45, 2.75) is 0 Å². The van der Waals surface area contributed by atoms with Crippen LogP contribution in [0.3, 0.4) is 0 Å². The lowest BCUT2D eigenvalue weighted by Crippen LogP contribution is -2.07. The molecule has 0 fully saturated rings. The van der Waals surface area contributed by atoms with Crippen molar-refractivity contribution in [1.29, 1.82) is 0 Å². The van der Waals surface area contributed by atoms with E-state index in [4.69, 9.17) is 27.9 Å². The van der Waals surface area contributed by atoms with E-state index in [2.05, 4.69) is 10.5 Å². The van der Waals surface area contributed by atoms with Gasteiger partial charge in [-0.15, -0.1) is 0 Å². The number of nitrogens with zero attached hydrogens (tertiary/aromatic N) is 1. The number of benzene rings is 3. The number of phenols is 1. The molecule has 4 nitrogen and oxygen atoms in total. The molecule has 0 atom stereocenters. The van der Waals surface area contributed by atoms with E-state index in [0.717, 1.165) is 5.56 Å². The molecule has 3 aromatic carbocycles. The van der Waals surface area contributed by atoms with Crippen LogP contribution in [-0.2, 0) is 0 Å². The average Bonchev–Trinajstić information content (AvgIpc) is 2.67. The zero-order chi connectivity index (χ0) is 18.5. The van der Waals surface area contributed by atoms with Crippen LogP contribution in [0.4, 0.5) is 5.69 Å². The summed E-state index contributed by atoms with van der Waals surface area (Å²) in [7, 11) is 1.54. The molecule has 132 valence electrons. The maximum Gasteiger partial charge on any atom is 0.128 e. The van der Waals surface area contributed by atoms with Gasteiger partial charge in [0.05, 0.1) is 22.8 Å². The second-order valence-electron chi connectivity index (χ2n) is 5.42. The molecule has 0 aliphatic rings. The first-order valence-electron chi connectivity index (χ1n) is 7.80. The van der Waals surface area contributed by atoms with Crippen LogP contribution < -0.4 is 10.2 Å². The normalized spacial score (nSPS) is 11.3. The number of aromatic hydroxyl groups is 1. The summed E-state index contributed by atoms with van der Waals surface area (Å²) >= 11 is 12.3. The number of halogens is 2. The Labute approximate surface area is 161 Å². The van der Waals surface area contributed by atoms with Crippen molar-refractivity contribution in [2.75, 3.05) is 12.5 Å². The number of phenolic OH excluding ortho intramolecular Hbond substituents is 1. The van der Waals surface area contributed by atoms with Gasteiger partial charge in [0.2, 0.25) is 0 Å². The number of hydrogen-bond acceptors (Lipinski definition) is 4. The molecule has 0 aliphatic heterocycles. The second-order valence-corrected chi connectivity index (χ2v) is 6.21. The molecule has 0 spiro atoms. The highest BCUT2D eigenvalue weighted by Crippen LogP contribution is 2.30. The fourth-order valence-corrected chi connectivity index (χ4v) is 2.76. The van der Waals surface area contributed by atoms with Crippen LogP contribution >= 0.6 is 23.2 Å². The summed E-state index contributed by atoms with van der Waals surface area (Å²) in [5, 5.41) is 15.7. The topological polar surface area (TPSA) is 53.8 Å². The van der Waals surface area contributed by atoms with Gasteiger partial charge in [-0.25, -0.2) is 0 Å². The average molecular weight is 387 g/mol. The molecule has 0 unspecified atom stereocenters. The molecule has 0 amide bonds. The van der Waals surface area contributed by atoms with Crippen molar-refractivity contribution in [3.05, 3.63) is 87.9 Å². The Morgan fingerprint density at radius 3 is 2.46 bits per heavy atom. The van der Waals surface area contributed by atoms with Gasteiger partial charge in [0.25, 0.3) is 0 Å². The Morgan fingerprint density at radius 1 is 1.00 bits per heavy atom. The summed E-state index contributed by atoms with van der Waals surface area (Å²) < 4.78 is 5.15. The first kappa shape index (κ1) is 18.1. The Bertz CT molecular complexity index is 944. The van der Waals surface area contributed by atoms with E-state index >= 15 is 0 Å². The Morgan fingerprint density at radius 2 is 1.77 bits per heavy atom. The molecular formula is C20H16Cl2N2O2. The van der Waals surface area contributed by atoms with Gasteiger partial charge in [0, 0.05) is 17.2 Å². The lowest BCUT2D eigenvalue weighted by atomic mass is 10.0. The first-order valence-corrected chi connectivity index (χ1v) is 8.56. The number of ether oxygens (including phenoxy) is 1. The summed E-state index contributed by atoms with van der Waals surface area (Å²) in [6.07, 6.45) is 0. The monoisotopic (exact) mass is 386 g/mol. The zero-order valence-corrected chi connectivity index (χ0v) is 15.4. The minimum absolute atomic E-state index is 0.0611. The third kappa shape index (κ3) is 3.93. The largest absolute Gasteiger partial charge is 0.507 e. The van der Waals surface area contributed by atoms with Crippen LogP contribution in [0, 0.1) is 0 Å². The summed E-state index contributed by atoms with van der Waals surface area (Å²) in [6.45, 7) is 0. The minimum Gasteiger partial charge on any atom is -0.507 e. The highest BCUT2D eigenvalue weighted by molar-refractivity contribution is 6.43. The fourth-order valence-electron chi connectivity index (χ4n) is 2.42. The third-order valence-electron chi connectivity index (χ3n) is 3.75. The SMILES string of the molecule is COc1ccc(C(=NNc2cccc(Cl)c2Cl)c2ccccc2)c(O)c1. The minimum atomic E-state index is 0.0611. The van der Waals surface area contributed by atoms with Crippen molar-refractivity contribution in [3.63, 3.8) is 0 Å². The molecule has 0 aromatic heterocycles. The van der Waals surface area contributed by atoms with Gasteiger partial charge in [-0.05, 0) is 24.3 Å². The van der Waals surface area contributed by atoms with E-state index in [9.17, 15) is 5.11 Å². The molecule has 0 heterocycles. The molecule has 3 aromatic rings. The van der Waals surface area contributed by atoms with E-state index in [1.54, 1.807) is 43.5 Å². The molecule has 0 bridgehead atoms. The van der Waals surface area contributed by atoms with Crippen molar-refractivity contribution in [3.8, 4) is 11.5 Å². The number of methoxy groups -OCH3 is 1. The maximum absolute atomic E-state index is 10.4. The molecule has 0 radical (unpaired) electrons. The number of rotatable bonds is 5. The van der Waals surface area contributed by atoms with Gasteiger partial charge in [0.1, 0.15) is 17.2 Å². The van der Waals surface area contributed by atoms with Gasteiger partial charge < -0.3 is 9.84 Å². The van der Waals surface area contributed by atoms with Crippen LogP contribution in [0.1, 0.15) is 11.1 Å². The van der Waals surface area contributed by atoms with Gasteiger partial charge in [-0.2, -0.15) is 5.10 Å². The Hall–Kier alpha value is -2.69. The van der Waals surface area contributed by atoms with Crippen molar-refractivity contribution >= 4 is 34.6 Å². The molecule has 0 aliphatic carbocycles. The zero-order valence-electron chi connectivity index (χ0n) is 13.9. The van der Waals surface area contributed by atoms with Crippen molar-refractivity contribution in [1.82, 2.24) is 0 Å². The van der Waals surface area contributed by atoms with Crippen molar-refractivity contribution in [2.24, 2.45) is 5.10 Å². The van der Waals surface area contributed by atoms with Crippen LogP contribution in [0.2, 0.25) is 10.0 Å². The van der Waals surface area contributed by atoms with E-state index < -0.39 is 0 Å². The number of nitrogens with one attached hydrogen (secondary N) is 1. The highest BCUT2D eigenvalue weighted by atomic mass is 35.5. The first-order chi connectivity index (χ1) is 12.6. The van der Waals surface area contributed by atoms with Crippen molar-refractivity contribution < 1.29 is 9.84 Å². The van der Waals surface area contributed by atoms with Gasteiger partial charge >= 0.3 is 0 Å². The maximum atomic E-state index is 10.4. The number of anilines is 1. The van der Waals surface area contributed by atoms with E-state index in [0.29, 0.717) is 32.8 Å². The smallest absolute Gasteiger partial charge is 0.128 e. The predicted octanol–water partition coefficient (Wildman–Crippen LogP) is 5.57. The summed E-state index contributed by atoms with van der Waals surface area (Å²) in [6, 6.07) is 19.8. The number of hydrazone groups is 1. The molecule has 0 saturated heterocycles. The number of hydrogen-bond donors (Lipinski definition) is 2. The predicted molar refractivity (Wildman–Crippen MR) is 107 cm³/mol. The molecular weight excluding hydrogens is 371 g/mol. The standard InChI is InChI=1S/C20H16Cl2N2O2/c1-26-14-10-11-15(18(25)12-14)20(13-6-3-2-4-7-13)24-23-17-9-5-8-16(21)19(17)22/h2-12,23,25H,1H3. The fraction of sp³-hybridized carbons (Fsp3) is 0.0500. The van der Waals surface area contributed by atoms with E-state index in [1.165, 1.54) is 0 Å². The molecule has 26 heavy (non-hydrogen) atoms. The second kappa shape index (κ2) is 8.13. The summed E-state index contributed by atoms with van der Waals surface area (Å²) in [5.41, 5.74) is 5.45. The van der Waals surface area contributed by atoms with Crippen LogP contribution in [0.15, 0.2) is 71.8 Å². The van der Waals surface area contributed by atoms with E-state index in [-0.39, 0.29) is 5.75 Å². The summed E-state index contributed by atoms with van der Waals surface area (Å²) in [4.78, 5) is 0. The lowest BCUT2D eigenvalue weighted by molar-refractivity contribution is 0.407. The van der Waals surface area contributed by atoms with Crippen LogP contribution in [-0.4, -0.2) is 17.9 Å². The summed E-state index contributed by atoms with van der Waals surface area (Å²) in [5.74, 6) is 0.621. The van der Waals surface area contributed by atoms with Gasteiger partial charge in [-0.3, -0.25) is 5.43 Å². The Balaban J connectivity index is 2.06. The molecule has 2 N–H and O–H groups in total.